The highest BCUT2D eigenvalue weighted by Gasteiger charge is 2.49. The van der Waals surface area contributed by atoms with Crippen LogP contribution in [0.4, 0.5) is 5.95 Å². The van der Waals surface area contributed by atoms with Crippen LogP contribution in [0.5, 0.6) is 0 Å². The van der Waals surface area contributed by atoms with Gasteiger partial charge in [-0.3, -0.25) is 10.1 Å². The number of rotatable bonds is 2. The molecule has 0 spiro atoms. The number of para-hydroxylation sites is 2. The maximum atomic E-state index is 12.4. The second kappa shape index (κ2) is 5.31. The number of hydrogen-bond acceptors (Lipinski definition) is 3. The lowest BCUT2D eigenvalue weighted by atomic mass is 9.84. The van der Waals surface area contributed by atoms with Gasteiger partial charge in [-0.1, -0.05) is 12.1 Å². The van der Waals surface area contributed by atoms with Gasteiger partial charge < -0.3 is 10.7 Å². The third kappa shape index (κ3) is 2.30. The smallest absolute Gasteiger partial charge is 0.231 e. The molecule has 1 aromatic heterocycles. The summed E-state index contributed by atoms with van der Waals surface area (Å²) in [5.74, 6) is 1.47. The number of aromatic amines is 1. The number of amides is 1. The summed E-state index contributed by atoms with van der Waals surface area (Å²) >= 11 is 0. The van der Waals surface area contributed by atoms with Crippen molar-refractivity contribution in [2.24, 2.45) is 23.5 Å². The number of hydrogen-bond donors (Lipinski definition) is 3. The van der Waals surface area contributed by atoms with Gasteiger partial charge in [0, 0.05) is 6.04 Å². The van der Waals surface area contributed by atoms with E-state index in [9.17, 15) is 4.79 Å². The van der Waals surface area contributed by atoms with E-state index in [1.807, 2.05) is 24.3 Å². The molecule has 2 aliphatic rings. The van der Waals surface area contributed by atoms with Crippen molar-refractivity contribution in [3.63, 3.8) is 0 Å². The van der Waals surface area contributed by atoms with Crippen LogP contribution in [0.1, 0.15) is 19.3 Å². The molecule has 2 fully saturated rings. The van der Waals surface area contributed by atoms with Crippen molar-refractivity contribution in [2.75, 3.05) is 5.32 Å². The van der Waals surface area contributed by atoms with Crippen LogP contribution in [0.15, 0.2) is 24.3 Å². The summed E-state index contributed by atoms with van der Waals surface area (Å²) in [6.45, 7) is 0. The van der Waals surface area contributed by atoms with E-state index >= 15 is 0 Å². The Morgan fingerprint density at radius 3 is 2.76 bits per heavy atom. The van der Waals surface area contributed by atoms with Gasteiger partial charge >= 0.3 is 0 Å². The second-order valence-electron chi connectivity index (χ2n) is 6.03. The molecule has 4 N–H and O–H groups in total. The molecule has 4 rings (SSSR count). The SMILES string of the molecule is Cl.NC1C2CCC(C2)C1C(=O)Nc1nc2ccccc2[nH]1. The first-order valence-electron chi connectivity index (χ1n) is 7.23. The molecule has 0 saturated heterocycles. The Labute approximate surface area is 129 Å². The van der Waals surface area contributed by atoms with E-state index in [-0.39, 0.29) is 30.3 Å². The number of halogens is 1. The minimum absolute atomic E-state index is 0. The first-order chi connectivity index (χ1) is 9.72. The van der Waals surface area contributed by atoms with E-state index in [2.05, 4.69) is 15.3 Å². The van der Waals surface area contributed by atoms with E-state index in [0.717, 1.165) is 23.9 Å². The molecule has 6 heteroatoms. The van der Waals surface area contributed by atoms with Gasteiger partial charge in [0.05, 0.1) is 17.0 Å². The summed E-state index contributed by atoms with van der Waals surface area (Å²) in [7, 11) is 0. The van der Waals surface area contributed by atoms with E-state index in [0.29, 0.717) is 17.8 Å². The zero-order chi connectivity index (χ0) is 13.7. The maximum absolute atomic E-state index is 12.4. The monoisotopic (exact) mass is 306 g/mol. The Kier molecular flexibility index (Phi) is 3.63. The van der Waals surface area contributed by atoms with Gasteiger partial charge in [0.15, 0.2) is 0 Å². The molecule has 1 amide bonds. The number of fused-ring (bicyclic) bond motifs is 3. The van der Waals surface area contributed by atoms with Crippen LogP contribution in [0.2, 0.25) is 0 Å². The molecule has 4 unspecified atom stereocenters. The Bertz CT molecular complexity index is 635. The molecule has 1 heterocycles. The van der Waals surface area contributed by atoms with Crippen molar-refractivity contribution in [1.29, 1.82) is 0 Å². The molecule has 2 aliphatic carbocycles. The molecule has 2 saturated carbocycles. The summed E-state index contributed by atoms with van der Waals surface area (Å²) < 4.78 is 0. The van der Waals surface area contributed by atoms with Crippen LogP contribution < -0.4 is 11.1 Å². The summed E-state index contributed by atoms with van der Waals surface area (Å²) in [4.78, 5) is 19.9. The minimum Gasteiger partial charge on any atom is -0.327 e. The lowest BCUT2D eigenvalue weighted by Crippen LogP contribution is -2.42. The van der Waals surface area contributed by atoms with Gasteiger partial charge in [0.1, 0.15) is 0 Å². The minimum atomic E-state index is -0.0537. The third-order valence-electron chi connectivity index (χ3n) is 4.91. The van der Waals surface area contributed by atoms with E-state index in [1.54, 1.807) is 0 Å². The number of aromatic nitrogens is 2. The number of anilines is 1. The summed E-state index contributed by atoms with van der Waals surface area (Å²) in [5.41, 5.74) is 7.99. The predicted octanol–water partition coefficient (Wildman–Crippen LogP) is 2.30. The highest BCUT2D eigenvalue weighted by atomic mass is 35.5. The number of nitrogens with two attached hydrogens (primary N) is 1. The van der Waals surface area contributed by atoms with E-state index in [4.69, 9.17) is 5.73 Å². The van der Waals surface area contributed by atoms with Crippen molar-refractivity contribution < 1.29 is 4.79 Å². The standard InChI is InChI=1S/C15H18N4O.ClH/c16-13-9-6-5-8(7-9)12(13)14(20)19-15-17-10-3-1-2-4-11(10)18-15;/h1-4,8-9,12-13H,5-7,16H2,(H2,17,18,19,20);1H. The van der Waals surface area contributed by atoms with Crippen molar-refractivity contribution in [3.05, 3.63) is 24.3 Å². The van der Waals surface area contributed by atoms with E-state index in [1.165, 1.54) is 6.42 Å². The highest BCUT2D eigenvalue weighted by molar-refractivity contribution is 5.93. The average molecular weight is 307 g/mol. The number of benzene rings is 1. The fourth-order valence-electron chi connectivity index (χ4n) is 3.94. The molecule has 4 atom stereocenters. The first kappa shape index (κ1) is 14.4. The number of nitrogens with zero attached hydrogens (tertiary/aromatic N) is 1. The van der Waals surface area contributed by atoms with Gasteiger partial charge in [-0.05, 0) is 43.2 Å². The van der Waals surface area contributed by atoms with Crippen LogP contribution in [-0.4, -0.2) is 21.9 Å². The fraction of sp³-hybridized carbons (Fsp3) is 0.467. The largest absolute Gasteiger partial charge is 0.327 e. The summed E-state index contributed by atoms with van der Waals surface area (Å²) in [5, 5.41) is 2.90. The van der Waals surface area contributed by atoms with Crippen molar-refractivity contribution >= 4 is 35.3 Å². The third-order valence-corrected chi connectivity index (χ3v) is 4.91. The summed E-state index contributed by atoms with van der Waals surface area (Å²) in [6.07, 6.45) is 3.43. The number of nitrogens with one attached hydrogen (secondary N) is 2. The van der Waals surface area contributed by atoms with Crippen molar-refractivity contribution in [3.8, 4) is 0 Å². The number of H-pyrrole nitrogens is 1. The van der Waals surface area contributed by atoms with Crippen LogP contribution in [0.25, 0.3) is 11.0 Å². The Hall–Kier alpha value is -1.59. The number of imidazole rings is 1. The van der Waals surface area contributed by atoms with Crippen LogP contribution in [0.3, 0.4) is 0 Å². The predicted molar refractivity (Wildman–Crippen MR) is 84.3 cm³/mol. The summed E-state index contributed by atoms with van der Waals surface area (Å²) in [6, 6.07) is 7.75. The quantitative estimate of drug-likeness (QED) is 0.796. The zero-order valence-corrected chi connectivity index (χ0v) is 12.4. The first-order valence-corrected chi connectivity index (χ1v) is 7.23. The van der Waals surface area contributed by atoms with Gasteiger partial charge in [0.25, 0.3) is 0 Å². The second-order valence-corrected chi connectivity index (χ2v) is 6.03. The molecular weight excluding hydrogens is 288 g/mol. The lowest BCUT2D eigenvalue weighted by Gasteiger charge is -2.26. The Morgan fingerprint density at radius 2 is 2.05 bits per heavy atom. The topological polar surface area (TPSA) is 83.8 Å². The molecule has 0 aliphatic heterocycles. The lowest BCUT2D eigenvalue weighted by molar-refractivity contribution is -0.121. The molecule has 2 bridgehead atoms. The molecule has 1 aromatic carbocycles. The van der Waals surface area contributed by atoms with Crippen LogP contribution in [0, 0.1) is 17.8 Å². The van der Waals surface area contributed by atoms with Crippen LogP contribution >= 0.6 is 12.4 Å². The van der Waals surface area contributed by atoms with Crippen molar-refractivity contribution in [1.82, 2.24) is 9.97 Å². The zero-order valence-electron chi connectivity index (χ0n) is 11.6. The molecule has 0 radical (unpaired) electrons. The molecule has 5 nitrogen and oxygen atoms in total. The average Bonchev–Trinajstić information content (AvgIpc) is 3.10. The normalized spacial score (nSPS) is 30.3. The van der Waals surface area contributed by atoms with E-state index < -0.39 is 0 Å². The molecular formula is C15H19ClN4O. The Balaban J connectivity index is 0.00000132. The number of carbonyl (C=O) groups excluding carboxylic acids is 1. The Morgan fingerprint density at radius 1 is 1.29 bits per heavy atom. The van der Waals surface area contributed by atoms with Crippen molar-refractivity contribution in [2.45, 2.75) is 25.3 Å². The molecule has 21 heavy (non-hydrogen) atoms. The fourth-order valence-corrected chi connectivity index (χ4v) is 3.94. The molecule has 112 valence electrons. The van der Waals surface area contributed by atoms with Crippen LogP contribution in [-0.2, 0) is 4.79 Å². The number of carbonyl (C=O) groups is 1. The van der Waals surface area contributed by atoms with Gasteiger partial charge in [-0.2, -0.15) is 0 Å². The maximum Gasteiger partial charge on any atom is 0.231 e. The van der Waals surface area contributed by atoms with Gasteiger partial charge in [-0.25, -0.2) is 4.98 Å². The van der Waals surface area contributed by atoms with Gasteiger partial charge in [0.2, 0.25) is 11.9 Å². The molecule has 2 aromatic rings. The van der Waals surface area contributed by atoms with Gasteiger partial charge in [-0.15, -0.1) is 12.4 Å². The highest BCUT2D eigenvalue weighted by Crippen LogP contribution is 2.47.